The third-order valence-corrected chi connectivity index (χ3v) is 4.02. The Morgan fingerprint density at radius 3 is 2.74 bits per heavy atom. The number of aryl methyl sites for hydroxylation is 2. The van der Waals surface area contributed by atoms with Crippen LogP contribution in [0.2, 0.25) is 0 Å². The van der Waals surface area contributed by atoms with Gasteiger partial charge in [-0.15, -0.1) is 0 Å². The van der Waals surface area contributed by atoms with Crippen LogP contribution in [0, 0.1) is 13.8 Å². The van der Waals surface area contributed by atoms with Gasteiger partial charge in [0.25, 0.3) is 5.91 Å². The first-order valence-corrected chi connectivity index (χ1v) is 7.79. The minimum Gasteiger partial charge on any atom is -0.490 e. The Labute approximate surface area is 135 Å². The Balaban J connectivity index is 1.58. The molecule has 0 spiro atoms. The van der Waals surface area contributed by atoms with Crippen molar-refractivity contribution < 1.29 is 9.53 Å². The van der Waals surface area contributed by atoms with Gasteiger partial charge in [0.1, 0.15) is 11.9 Å². The van der Waals surface area contributed by atoms with Gasteiger partial charge in [0, 0.05) is 43.9 Å². The Hall–Kier alpha value is -2.50. The van der Waals surface area contributed by atoms with Gasteiger partial charge in [-0.3, -0.25) is 9.78 Å². The average Bonchev–Trinajstić information content (AvgIpc) is 2.57. The van der Waals surface area contributed by atoms with E-state index in [1.165, 1.54) is 6.20 Å². The SMILES string of the molecule is Cc1cc(C(=O)N2CCC(Oc3ccncc3C)CC2)cnn1. The van der Waals surface area contributed by atoms with Crippen molar-refractivity contribution in [3.8, 4) is 5.75 Å². The minimum absolute atomic E-state index is 0.0153. The quantitative estimate of drug-likeness (QED) is 0.869. The number of aromatic nitrogens is 3. The number of hydrogen-bond acceptors (Lipinski definition) is 5. The van der Waals surface area contributed by atoms with Crippen molar-refractivity contribution in [2.24, 2.45) is 0 Å². The number of rotatable bonds is 3. The number of pyridine rings is 1. The molecule has 0 N–H and O–H groups in total. The van der Waals surface area contributed by atoms with Gasteiger partial charge < -0.3 is 9.64 Å². The number of piperidine rings is 1. The molecule has 23 heavy (non-hydrogen) atoms. The van der Waals surface area contributed by atoms with Crippen molar-refractivity contribution in [3.63, 3.8) is 0 Å². The third-order valence-electron chi connectivity index (χ3n) is 4.02. The maximum atomic E-state index is 12.5. The predicted molar refractivity (Wildman–Crippen MR) is 85.3 cm³/mol. The predicted octanol–water partition coefficient (Wildman–Crippen LogP) is 2.17. The molecule has 6 heteroatoms. The monoisotopic (exact) mass is 312 g/mol. The molecule has 0 bridgehead atoms. The summed E-state index contributed by atoms with van der Waals surface area (Å²) in [7, 11) is 0. The summed E-state index contributed by atoms with van der Waals surface area (Å²) in [5, 5.41) is 7.74. The summed E-state index contributed by atoms with van der Waals surface area (Å²) in [5.41, 5.74) is 2.38. The van der Waals surface area contributed by atoms with Crippen molar-refractivity contribution in [1.29, 1.82) is 0 Å². The van der Waals surface area contributed by atoms with Crippen LogP contribution >= 0.6 is 0 Å². The maximum Gasteiger partial charge on any atom is 0.255 e. The van der Waals surface area contributed by atoms with E-state index in [9.17, 15) is 4.79 Å². The Morgan fingerprint density at radius 2 is 2.04 bits per heavy atom. The van der Waals surface area contributed by atoms with E-state index < -0.39 is 0 Å². The van der Waals surface area contributed by atoms with Crippen molar-refractivity contribution >= 4 is 5.91 Å². The Kier molecular flexibility index (Phi) is 4.50. The van der Waals surface area contributed by atoms with Crippen LogP contribution in [-0.2, 0) is 0 Å². The first-order chi connectivity index (χ1) is 11.1. The van der Waals surface area contributed by atoms with Crippen LogP contribution in [0.3, 0.4) is 0 Å². The summed E-state index contributed by atoms with van der Waals surface area (Å²) in [5.74, 6) is 0.889. The molecule has 1 aliphatic rings. The topological polar surface area (TPSA) is 68.2 Å². The zero-order valence-corrected chi connectivity index (χ0v) is 13.4. The first kappa shape index (κ1) is 15.4. The van der Waals surface area contributed by atoms with E-state index in [-0.39, 0.29) is 12.0 Å². The molecule has 2 aromatic rings. The number of carbonyl (C=O) groups excluding carboxylic acids is 1. The third kappa shape index (κ3) is 3.64. The van der Waals surface area contributed by atoms with Gasteiger partial charge in [-0.1, -0.05) is 0 Å². The molecule has 120 valence electrons. The fourth-order valence-corrected chi connectivity index (χ4v) is 2.72. The molecule has 0 radical (unpaired) electrons. The van der Waals surface area contributed by atoms with Gasteiger partial charge in [0.15, 0.2) is 0 Å². The fraction of sp³-hybridized carbons (Fsp3) is 0.412. The molecule has 0 saturated carbocycles. The number of likely N-dealkylation sites (tertiary alicyclic amines) is 1. The number of amides is 1. The molecule has 0 atom stereocenters. The van der Waals surface area contributed by atoms with Gasteiger partial charge in [-0.2, -0.15) is 10.2 Å². The summed E-state index contributed by atoms with van der Waals surface area (Å²) in [6.45, 7) is 5.20. The van der Waals surface area contributed by atoms with E-state index in [0.29, 0.717) is 18.7 Å². The Bertz CT molecular complexity index is 696. The zero-order valence-electron chi connectivity index (χ0n) is 13.4. The van der Waals surface area contributed by atoms with Gasteiger partial charge in [-0.05, 0) is 26.0 Å². The summed E-state index contributed by atoms with van der Waals surface area (Å²) in [4.78, 5) is 18.4. The number of nitrogens with zero attached hydrogens (tertiary/aromatic N) is 4. The number of hydrogen-bond donors (Lipinski definition) is 0. The molecule has 1 aliphatic heterocycles. The number of carbonyl (C=O) groups is 1. The second-order valence-electron chi connectivity index (χ2n) is 5.84. The largest absolute Gasteiger partial charge is 0.490 e. The lowest BCUT2D eigenvalue weighted by Gasteiger charge is -2.32. The van der Waals surface area contributed by atoms with Crippen molar-refractivity contribution in [1.82, 2.24) is 20.1 Å². The molecule has 0 unspecified atom stereocenters. The fourth-order valence-electron chi connectivity index (χ4n) is 2.72. The maximum absolute atomic E-state index is 12.5. The highest BCUT2D eigenvalue weighted by Gasteiger charge is 2.25. The van der Waals surface area contributed by atoms with Crippen molar-refractivity contribution in [3.05, 3.63) is 47.5 Å². The van der Waals surface area contributed by atoms with Crippen molar-refractivity contribution in [2.75, 3.05) is 13.1 Å². The highest BCUT2D eigenvalue weighted by atomic mass is 16.5. The van der Waals surface area contributed by atoms with E-state index in [1.54, 1.807) is 18.5 Å². The van der Waals surface area contributed by atoms with E-state index in [1.807, 2.05) is 24.8 Å². The summed E-state index contributed by atoms with van der Waals surface area (Å²) in [6.07, 6.45) is 6.85. The van der Waals surface area contributed by atoms with Crippen LogP contribution < -0.4 is 4.74 Å². The van der Waals surface area contributed by atoms with Gasteiger partial charge in [-0.25, -0.2) is 0 Å². The van der Waals surface area contributed by atoms with Crippen LogP contribution in [0.25, 0.3) is 0 Å². The molecule has 2 aromatic heterocycles. The van der Waals surface area contributed by atoms with Gasteiger partial charge >= 0.3 is 0 Å². The summed E-state index contributed by atoms with van der Waals surface area (Å²) in [6, 6.07) is 3.66. The minimum atomic E-state index is 0.0153. The molecule has 3 heterocycles. The normalized spacial score (nSPS) is 15.5. The highest BCUT2D eigenvalue weighted by Crippen LogP contribution is 2.22. The molecule has 0 aliphatic carbocycles. The lowest BCUT2D eigenvalue weighted by atomic mass is 10.1. The lowest BCUT2D eigenvalue weighted by Crippen LogP contribution is -2.41. The summed E-state index contributed by atoms with van der Waals surface area (Å²) >= 11 is 0. The van der Waals surface area contributed by atoms with E-state index in [0.717, 1.165) is 29.8 Å². The van der Waals surface area contributed by atoms with E-state index in [2.05, 4.69) is 15.2 Å². The smallest absolute Gasteiger partial charge is 0.255 e. The van der Waals surface area contributed by atoms with Crippen LogP contribution in [0.4, 0.5) is 0 Å². The molecule has 6 nitrogen and oxygen atoms in total. The van der Waals surface area contributed by atoms with Gasteiger partial charge in [0.05, 0.1) is 17.5 Å². The van der Waals surface area contributed by atoms with Crippen LogP contribution in [0.1, 0.15) is 34.5 Å². The molecular formula is C17H20N4O2. The molecule has 0 aromatic carbocycles. The summed E-state index contributed by atoms with van der Waals surface area (Å²) < 4.78 is 6.04. The number of ether oxygens (including phenoxy) is 1. The Morgan fingerprint density at radius 1 is 1.26 bits per heavy atom. The van der Waals surface area contributed by atoms with Crippen molar-refractivity contribution in [2.45, 2.75) is 32.8 Å². The van der Waals surface area contributed by atoms with E-state index in [4.69, 9.17) is 4.74 Å². The van der Waals surface area contributed by atoms with Gasteiger partial charge in [0.2, 0.25) is 0 Å². The van der Waals surface area contributed by atoms with Crippen LogP contribution in [0.5, 0.6) is 5.75 Å². The van der Waals surface area contributed by atoms with E-state index >= 15 is 0 Å². The molecule has 1 amide bonds. The average molecular weight is 312 g/mol. The second kappa shape index (κ2) is 6.73. The highest BCUT2D eigenvalue weighted by molar-refractivity contribution is 5.94. The molecular weight excluding hydrogens is 292 g/mol. The van der Waals surface area contributed by atoms with Crippen LogP contribution in [0.15, 0.2) is 30.7 Å². The molecule has 1 fully saturated rings. The standard InChI is InChI=1S/C17H20N4O2/c1-12-10-18-6-3-16(12)23-15-4-7-21(8-5-15)17(22)14-9-13(2)20-19-11-14/h3,6,9-11,15H,4-5,7-8H2,1-2H3. The van der Waals surface area contributed by atoms with Crippen LogP contribution in [-0.4, -0.2) is 45.2 Å². The zero-order chi connectivity index (χ0) is 16.2. The first-order valence-electron chi connectivity index (χ1n) is 7.79. The second-order valence-corrected chi connectivity index (χ2v) is 5.84. The lowest BCUT2D eigenvalue weighted by molar-refractivity contribution is 0.0593. The molecule has 1 saturated heterocycles. The molecule has 3 rings (SSSR count).